The van der Waals surface area contributed by atoms with Crippen molar-refractivity contribution in [2.24, 2.45) is 0 Å². The van der Waals surface area contributed by atoms with E-state index in [1.807, 2.05) is 30.3 Å². The summed E-state index contributed by atoms with van der Waals surface area (Å²) in [6.45, 7) is 3.37. The number of aliphatic hydroxyl groups is 1. The molecule has 0 amide bonds. The lowest BCUT2D eigenvalue weighted by atomic mass is 10.0. The van der Waals surface area contributed by atoms with Crippen LogP contribution in [0.1, 0.15) is 5.56 Å². The minimum atomic E-state index is -0.938. The molecule has 0 aromatic heterocycles. The Morgan fingerprint density at radius 2 is 2.12 bits per heavy atom. The van der Waals surface area contributed by atoms with Gasteiger partial charge < -0.3 is 9.84 Å². The van der Waals surface area contributed by atoms with Gasteiger partial charge in [0.25, 0.3) is 0 Å². The molecule has 0 radical (unpaired) electrons. The molecule has 0 aliphatic carbocycles. The van der Waals surface area contributed by atoms with Gasteiger partial charge in [-0.3, -0.25) is 0 Å². The standard InChI is InChI=1S/C13H14O3/c1-3-11(13(15)16-2)12(14)9-10-7-5-4-6-8-10/h4-8,12,14H,1,9H2,2H3/t12-/m0/s1. The summed E-state index contributed by atoms with van der Waals surface area (Å²) in [4.78, 5) is 11.3. The highest BCUT2D eigenvalue weighted by molar-refractivity contribution is 5.89. The van der Waals surface area contributed by atoms with Crippen LogP contribution in [0.5, 0.6) is 0 Å². The minimum absolute atomic E-state index is 0.0614. The second kappa shape index (κ2) is 5.91. The van der Waals surface area contributed by atoms with E-state index in [9.17, 15) is 9.90 Å². The molecule has 0 saturated carbocycles. The third-order valence-electron chi connectivity index (χ3n) is 2.20. The lowest BCUT2D eigenvalue weighted by Gasteiger charge is -2.11. The fourth-order valence-electron chi connectivity index (χ4n) is 1.38. The summed E-state index contributed by atoms with van der Waals surface area (Å²) in [6.07, 6.45) is -0.597. The summed E-state index contributed by atoms with van der Waals surface area (Å²) in [5.74, 6) is -0.599. The number of hydrogen-bond acceptors (Lipinski definition) is 3. The fraction of sp³-hybridized carbons (Fsp3) is 0.231. The van der Waals surface area contributed by atoms with Crippen LogP contribution in [0, 0.1) is 0 Å². The van der Waals surface area contributed by atoms with E-state index in [-0.39, 0.29) is 5.57 Å². The largest absolute Gasteiger partial charge is 0.465 e. The maximum Gasteiger partial charge on any atom is 0.344 e. The molecule has 1 aromatic rings. The second-order valence-corrected chi connectivity index (χ2v) is 3.29. The van der Waals surface area contributed by atoms with Gasteiger partial charge in [-0.05, 0) is 5.56 Å². The Kier molecular flexibility index (Phi) is 4.52. The maximum atomic E-state index is 11.3. The van der Waals surface area contributed by atoms with E-state index in [1.165, 1.54) is 7.11 Å². The molecule has 1 aromatic carbocycles. The lowest BCUT2D eigenvalue weighted by molar-refractivity contribution is -0.137. The number of hydrogen-bond donors (Lipinski definition) is 1. The Morgan fingerprint density at radius 1 is 1.50 bits per heavy atom. The van der Waals surface area contributed by atoms with Crippen LogP contribution in [0.3, 0.4) is 0 Å². The molecule has 0 unspecified atom stereocenters. The van der Waals surface area contributed by atoms with Gasteiger partial charge in [0.1, 0.15) is 5.57 Å². The van der Waals surface area contributed by atoms with Gasteiger partial charge in [0.2, 0.25) is 0 Å². The van der Waals surface area contributed by atoms with Crippen LogP contribution < -0.4 is 0 Å². The molecular weight excluding hydrogens is 204 g/mol. The van der Waals surface area contributed by atoms with Gasteiger partial charge in [-0.25, -0.2) is 4.79 Å². The predicted octanol–water partition coefficient (Wildman–Crippen LogP) is 1.47. The summed E-state index contributed by atoms with van der Waals surface area (Å²) in [5, 5.41) is 9.82. The Balaban J connectivity index is 2.75. The van der Waals surface area contributed by atoms with Crippen molar-refractivity contribution in [2.45, 2.75) is 12.5 Å². The van der Waals surface area contributed by atoms with Gasteiger partial charge >= 0.3 is 5.97 Å². The Labute approximate surface area is 94.7 Å². The first-order chi connectivity index (χ1) is 7.69. The van der Waals surface area contributed by atoms with Crippen LogP contribution in [-0.2, 0) is 16.0 Å². The molecule has 1 rings (SSSR count). The van der Waals surface area contributed by atoms with E-state index < -0.39 is 12.1 Å². The zero-order valence-electron chi connectivity index (χ0n) is 9.14. The summed E-state index contributed by atoms with van der Waals surface area (Å²) in [6, 6.07) is 9.39. The third kappa shape index (κ3) is 3.09. The molecule has 3 heteroatoms. The third-order valence-corrected chi connectivity index (χ3v) is 2.20. The number of benzene rings is 1. The van der Waals surface area contributed by atoms with Crippen molar-refractivity contribution in [3.8, 4) is 0 Å². The number of aliphatic hydroxyl groups excluding tert-OH is 1. The molecule has 0 spiro atoms. The highest BCUT2D eigenvalue weighted by Gasteiger charge is 2.19. The van der Waals surface area contributed by atoms with Crippen LogP contribution in [0.25, 0.3) is 0 Å². The first kappa shape index (κ1) is 12.2. The number of esters is 1. The van der Waals surface area contributed by atoms with Crippen LogP contribution >= 0.6 is 0 Å². The quantitative estimate of drug-likeness (QED) is 0.473. The van der Waals surface area contributed by atoms with Gasteiger partial charge in [0.05, 0.1) is 13.2 Å². The van der Waals surface area contributed by atoms with Gasteiger partial charge in [-0.2, -0.15) is 0 Å². The fourth-order valence-corrected chi connectivity index (χ4v) is 1.38. The van der Waals surface area contributed by atoms with Crippen molar-refractivity contribution in [1.82, 2.24) is 0 Å². The molecule has 0 aliphatic rings. The number of ether oxygens (including phenoxy) is 1. The smallest absolute Gasteiger partial charge is 0.344 e. The maximum absolute atomic E-state index is 11.3. The zero-order chi connectivity index (χ0) is 12.0. The van der Waals surface area contributed by atoms with Crippen LogP contribution in [0.4, 0.5) is 0 Å². The molecular formula is C13H14O3. The summed E-state index contributed by atoms with van der Waals surface area (Å²) < 4.78 is 4.52. The van der Waals surface area contributed by atoms with Crippen molar-refractivity contribution >= 4 is 5.97 Å². The minimum Gasteiger partial charge on any atom is -0.465 e. The molecule has 1 atom stereocenters. The normalized spacial score (nSPS) is 11.4. The monoisotopic (exact) mass is 218 g/mol. The van der Waals surface area contributed by atoms with Gasteiger partial charge in [0, 0.05) is 6.42 Å². The molecule has 0 fully saturated rings. The highest BCUT2D eigenvalue weighted by atomic mass is 16.5. The molecule has 0 aliphatic heterocycles. The van der Waals surface area contributed by atoms with Crippen LogP contribution in [0.2, 0.25) is 0 Å². The topological polar surface area (TPSA) is 46.5 Å². The highest BCUT2D eigenvalue weighted by Crippen LogP contribution is 2.10. The Hall–Kier alpha value is -1.83. The first-order valence-electron chi connectivity index (χ1n) is 4.89. The average Bonchev–Trinajstić information content (AvgIpc) is 2.31. The van der Waals surface area contributed by atoms with Gasteiger partial charge in [-0.1, -0.05) is 36.9 Å². The van der Waals surface area contributed by atoms with E-state index in [2.05, 4.69) is 17.0 Å². The SMILES string of the molecule is C=C=C(C(=O)OC)[C@@H](O)Cc1ccccc1. The predicted molar refractivity (Wildman–Crippen MR) is 60.8 cm³/mol. The van der Waals surface area contributed by atoms with Crippen molar-refractivity contribution in [1.29, 1.82) is 0 Å². The van der Waals surface area contributed by atoms with Crippen molar-refractivity contribution in [3.05, 3.63) is 53.8 Å². The summed E-state index contributed by atoms with van der Waals surface area (Å²) in [7, 11) is 1.26. The van der Waals surface area contributed by atoms with Crippen molar-refractivity contribution in [2.75, 3.05) is 7.11 Å². The molecule has 1 N–H and O–H groups in total. The zero-order valence-corrected chi connectivity index (χ0v) is 9.14. The van der Waals surface area contributed by atoms with Gasteiger partial charge in [0.15, 0.2) is 0 Å². The Bertz CT molecular complexity index is 402. The summed E-state index contributed by atoms with van der Waals surface area (Å²) in [5.41, 5.74) is 3.41. The van der Waals surface area contributed by atoms with E-state index in [4.69, 9.17) is 0 Å². The summed E-state index contributed by atoms with van der Waals surface area (Å²) >= 11 is 0. The second-order valence-electron chi connectivity index (χ2n) is 3.29. The van der Waals surface area contributed by atoms with E-state index in [1.54, 1.807) is 0 Å². The molecule has 0 saturated heterocycles. The number of rotatable bonds is 4. The average molecular weight is 218 g/mol. The molecule has 16 heavy (non-hydrogen) atoms. The molecule has 0 bridgehead atoms. The van der Waals surface area contributed by atoms with Crippen molar-refractivity contribution < 1.29 is 14.6 Å². The van der Waals surface area contributed by atoms with E-state index >= 15 is 0 Å². The molecule has 0 heterocycles. The first-order valence-corrected chi connectivity index (χ1v) is 4.89. The number of carbonyl (C=O) groups is 1. The van der Waals surface area contributed by atoms with E-state index in [0.717, 1.165) is 5.56 Å². The number of carbonyl (C=O) groups excluding carboxylic acids is 1. The van der Waals surface area contributed by atoms with Gasteiger partial charge in [-0.15, -0.1) is 5.73 Å². The van der Waals surface area contributed by atoms with Crippen LogP contribution in [0.15, 0.2) is 48.2 Å². The Morgan fingerprint density at radius 3 is 2.62 bits per heavy atom. The number of methoxy groups -OCH3 is 1. The van der Waals surface area contributed by atoms with Crippen molar-refractivity contribution in [3.63, 3.8) is 0 Å². The lowest BCUT2D eigenvalue weighted by Crippen LogP contribution is -2.20. The molecule has 3 nitrogen and oxygen atoms in total. The molecule has 84 valence electrons. The van der Waals surface area contributed by atoms with E-state index in [0.29, 0.717) is 6.42 Å². The van der Waals surface area contributed by atoms with Crippen LogP contribution in [-0.4, -0.2) is 24.3 Å².